The van der Waals surface area contributed by atoms with Crippen molar-refractivity contribution in [2.24, 2.45) is 4.99 Å². The summed E-state index contributed by atoms with van der Waals surface area (Å²) in [6.45, 7) is 4.58. The van der Waals surface area contributed by atoms with Gasteiger partial charge in [-0.3, -0.25) is 9.59 Å². The molecule has 0 unspecified atom stereocenters. The van der Waals surface area contributed by atoms with Gasteiger partial charge in [0.25, 0.3) is 5.91 Å². The van der Waals surface area contributed by atoms with Crippen molar-refractivity contribution in [2.45, 2.75) is 6.92 Å². The molecule has 0 aliphatic heterocycles. The van der Waals surface area contributed by atoms with Gasteiger partial charge in [-0.1, -0.05) is 12.1 Å². The minimum Gasteiger partial charge on any atom is -0.295 e. The van der Waals surface area contributed by atoms with Crippen molar-refractivity contribution >= 4 is 18.4 Å². The van der Waals surface area contributed by atoms with Gasteiger partial charge in [-0.2, -0.15) is 0 Å². The van der Waals surface area contributed by atoms with Crippen LogP contribution < -0.4 is 0 Å². The van der Waals surface area contributed by atoms with Crippen LogP contribution in [0.3, 0.4) is 0 Å². The van der Waals surface area contributed by atoms with Crippen LogP contribution in [0.25, 0.3) is 0 Å². The normalized spacial score (nSPS) is 9.31. The lowest BCUT2D eigenvalue weighted by atomic mass is 10.1. The summed E-state index contributed by atoms with van der Waals surface area (Å²) in [7, 11) is 0. The fraction of sp³-hybridized carbons (Fsp3) is 0.100. The van der Waals surface area contributed by atoms with Gasteiger partial charge in [0.15, 0.2) is 5.78 Å². The smallest absolute Gasteiger partial charge is 0.276 e. The molecule has 1 amide bonds. The minimum absolute atomic E-state index is 0.0706. The van der Waals surface area contributed by atoms with Gasteiger partial charge in [-0.05, 0) is 25.8 Å². The Labute approximate surface area is 76.1 Å². The van der Waals surface area contributed by atoms with Crippen LogP contribution in [-0.4, -0.2) is 18.4 Å². The molecule has 3 heteroatoms. The molecule has 1 aromatic rings. The quantitative estimate of drug-likeness (QED) is 0.507. The Balaban J connectivity index is 3.12. The van der Waals surface area contributed by atoms with Crippen LogP contribution in [0.1, 0.15) is 27.6 Å². The van der Waals surface area contributed by atoms with Crippen LogP contribution in [0.15, 0.2) is 29.3 Å². The number of hydrogen-bond donors (Lipinski definition) is 0. The Morgan fingerprint density at radius 2 is 1.92 bits per heavy atom. The number of hydrogen-bond acceptors (Lipinski definition) is 2. The number of carbonyl (C=O) groups is 2. The van der Waals surface area contributed by atoms with E-state index in [4.69, 9.17) is 0 Å². The summed E-state index contributed by atoms with van der Waals surface area (Å²) in [6, 6.07) is 6.42. The summed E-state index contributed by atoms with van der Waals surface area (Å²) in [4.78, 5) is 25.3. The van der Waals surface area contributed by atoms with Gasteiger partial charge in [0.05, 0.1) is 0 Å². The first-order chi connectivity index (χ1) is 6.15. The van der Waals surface area contributed by atoms with Gasteiger partial charge in [-0.25, -0.2) is 4.99 Å². The number of carbonyl (C=O) groups excluding carboxylic acids is 2. The Morgan fingerprint density at radius 3 is 2.46 bits per heavy atom. The second-order valence-electron chi connectivity index (χ2n) is 2.60. The summed E-state index contributed by atoms with van der Waals surface area (Å²) in [5, 5.41) is 0. The summed E-state index contributed by atoms with van der Waals surface area (Å²) in [5.41, 5.74) is 0.900. The Hall–Kier alpha value is -1.77. The van der Waals surface area contributed by atoms with Crippen LogP contribution in [0.5, 0.6) is 0 Å². The maximum absolute atomic E-state index is 11.0. The molecule has 0 saturated carbocycles. The van der Waals surface area contributed by atoms with E-state index < -0.39 is 5.91 Å². The number of Topliss-reactive ketones (excluding diaryl/α,β-unsaturated/α-hetero) is 1. The first-order valence-electron chi connectivity index (χ1n) is 3.77. The molecule has 0 saturated heterocycles. The molecule has 0 aromatic heterocycles. The molecule has 66 valence electrons. The topological polar surface area (TPSA) is 46.5 Å². The summed E-state index contributed by atoms with van der Waals surface area (Å²) in [5.74, 6) is -0.484. The zero-order valence-electron chi connectivity index (χ0n) is 7.28. The van der Waals surface area contributed by atoms with Crippen molar-refractivity contribution in [1.82, 2.24) is 0 Å². The van der Waals surface area contributed by atoms with Crippen LogP contribution in [0.2, 0.25) is 0 Å². The monoisotopic (exact) mass is 175 g/mol. The van der Waals surface area contributed by atoms with E-state index in [1.54, 1.807) is 18.2 Å². The molecule has 0 fully saturated rings. The van der Waals surface area contributed by atoms with Crippen LogP contribution in [0.4, 0.5) is 0 Å². The molecular weight excluding hydrogens is 166 g/mol. The average Bonchev–Trinajstić information content (AvgIpc) is 2.17. The predicted molar refractivity (Wildman–Crippen MR) is 50.3 cm³/mol. The average molecular weight is 175 g/mol. The highest BCUT2D eigenvalue weighted by molar-refractivity contribution is 6.00. The fourth-order valence-corrected chi connectivity index (χ4v) is 0.963. The summed E-state index contributed by atoms with van der Waals surface area (Å²) in [6.07, 6.45) is 0. The SMILES string of the molecule is C=NC(=O)c1cccc(C(C)=O)c1. The molecule has 0 spiro atoms. The second-order valence-corrected chi connectivity index (χ2v) is 2.60. The molecule has 0 N–H and O–H groups in total. The molecule has 3 nitrogen and oxygen atoms in total. The zero-order chi connectivity index (χ0) is 9.84. The molecule has 0 bridgehead atoms. The van der Waals surface area contributed by atoms with Gasteiger partial charge < -0.3 is 0 Å². The molecule has 0 heterocycles. The van der Waals surface area contributed by atoms with E-state index in [0.29, 0.717) is 11.1 Å². The van der Waals surface area contributed by atoms with Crippen molar-refractivity contribution in [2.75, 3.05) is 0 Å². The molecule has 0 aliphatic carbocycles. The predicted octanol–water partition coefficient (Wildman–Crippen LogP) is 1.73. The highest BCUT2D eigenvalue weighted by atomic mass is 16.1. The summed E-state index contributed by atoms with van der Waals surface area (Å²) >= 11 is 0. The number of amides is 1. The van der Waals surface area contributed by atoms with Gasteiger partial charge in [-0.15, -0.1) is 0 Å². The molecule has 13 heavy (non-hydrogen) atoms. The van der Waals surface area contributed by atoms with Crippen molar-refractivity contribution in [1.29, 1.82) is 0 Å². The third-order valence-electron chi connectivity index (χ3n) is 1.66. The highest BCUT2D eigenvalue weighted by Gasteiger charge is 2.05. The van der Waals surface area contributed by atoms with Crippen molar-refractivity contribution in [3.05, 3.63) is 35.4 Å². The van der Waals surface area contributed by atoms with Gasteiger partial charge in [0.2, 0.25) is 0 Å². The van der Waals surface area contributed by atoms with Crippen molar-refractivity contribution < 1.29 is 9.59 Å². The molecule has 0 aliphatic rings. The first-order valence-corrected chi connectivity index (χ1v) is 3.77. The van der Waals surface area contributed by atoms with E-state index >= 15 is 0 Å². The van der Waals surface area contributed by atoms with Gasteiger partial charge >= 0.3 is 0 Å². The van der Waals surface area contributed by atoms with E-state index in [1.807, 2.05) is 0 Å². The fourth-order valence-electron chi connectivity index (χ4n) is 0.963. The van der Waals surface area contributed by atoms with Crippen LogP contribution in [0, 0.1) is 0 Å². The Kier molecular flexibility index (Phi) is 2.69. The number of benzene rings is 1. The number of ketones is 1. The second kappa shape index (κ2) is 3.76. The van der Waals surface area contributed by atoms with E-state index in [-0.39, 0.29) is 5.78 Å². The largest absolute Gasteiger partial charge is 0.295 e. The number of aliphatic imine (C=N–C) groups is 1. The summed E-state index contributed by atoms with van der Waals surface area (Å²) < 4.78 is 0. The number of nitrogens with zero attached hydrogens (tertiary/aromatic N) is 1. The van der Waals surface area contributed by atoms with Crippen LogP contribution >= 0.6 is 0 Å². The van der Waals surface area contributed by atoms with E-state index in [2.05, 4.69) is 11.7 Å². The number of rotatable bonds is 2. The zero-order valence-corrected chi connectivity index (χ0v) is 7.28. The lowest BCUT2D eigenvalue weighted by Gasteiger charge is -1.97. The minimum atomic E-state index is -0.414. The highest BCUT2D eigenvalue weighted by Crippen LogP contribution is 2.06. The molecule has 1 rings (SSSR count). The molecular formula is C10H9NO2. The molecule has 1 aromatic carbocycles. The third kappa shape index (κ3) is 2.08. The van der Waals surface area contributed by atoms with E-state index in [1.165, 1.54) is 13.0 Å². The van der Waals surface area contributed by atoms with Crippen molar-refractivity contribution in [3.63, 3.8) is 0 Å². The van der Waals surface area contributed by atoms with Gasteiger partial charge in [0.1, 0.15) is 0 Å². The lowest BCUT2D eigenvalue weighted by Crippen LogP contribution is -1.98. The standard InChI is InChI=1S/C10H9NO2/c1-7(12)8-4-3-5-9(6-8)10(13)11-2/h3-6H,2H2,1H3. The van der Waals surface area contributed by atoms with E-state index in [0.717, 1.165) is 0 Å². The Bertz CT molecular complexity index is 369. The molecule has 0 atom stereocenters. The van der Waals surface area contributed by atoms with Crippen LogP contribution in [-0.2, 0) is 0 Å². The van der Waals surface area contributed by atoms with E-state index in [9.17, 15) is 9.59 Å². The van der Waals surface area contributed by atoms with Gasteiger partial charge in [0, 0.05) is 11.1 Å². The lowest BCUT2D eigenvalue weighted by molar-refractivity contribution is 0.100. The Morgan fingerprint density at radius 1 is 1.31 bits per heavy atom. The van der Waals surface area contributed by atoms with Crippen molar-refractivity contribution in [3.8, 4) is 0 Å². The maximum atomic E-state index is 11.0. The molecule has 0 radical (unpaired) electrons. The maximum Gasteiger partial charge on any atom is 0.276 e. The first kappa shape index (κ1) is 9.32. The third-order valence-corrected chi connectivity index (χ3v) is 1.66.